The Labute approximate surface area is 299 Å². The van der Waals surface area contributed by atoms with Gasteiger partial charge in [0.1, 0.15) is 0 Å². The zero-order valence-electron chi connectivity index (χ0n) is 29.2. The number of para-hydroxylation sites is 4. The molecule has 2 aliphatic carbocycles. The van der Waals surface area contributed by atoms with Crippen LogP contribution in [-0.4, -0.2) is 16.9 Å². The highest BCUT2D eigenvalue weighted by Gasteiger charge is 2.61. The fourth-order valence-electron chi connectivity index (χ4n) is 11.3. The Kier molecular flexibility index (Phi) is 5.34. The van der Waals surface area contributed by atoms with Gasteiger partial charge in [0, 0.05) is 68.0 Å². The van der Waals surface area contributed by atoms with Crippen molar-refractivity contribution in [1.82, 2.24) is 4.48 Å². The Morgan fingerprint density at radius 3 is 2.16 bits per heavy atom. The summed E-state index contributed by atoms with van der Waals surface area (Å²) in [6, 6.07) is 50.5. The monoisotopic (exact) mass is 655 g/mol. The molecule has 6 aromatic carbocycles. The molecular formula is C47H38BN3. The number of hydrogen-bond donors (Lipinski definition) is 0. The molecule has 0 amide bonds. The van der Waals surface area contributed by atoms with Gasteiger partial charge in [0.05, 0.1) is 5.54 Å². The van der Waals surface area contributed by atoms with E-state index in [0.717, 1.165) is 6.42 Å². The van der Waals surface area contributed by atoms with Gasteiger partial charge in [-0.1, -0.05) is 117 Å². The molecule has 7 aromatic rings. The molecule has 51 heavy (non-hydrogen) atoms. The first-order valence-electron chi connectivity index (χ1n) is 18.8. The van der Waals surface area contributed by atoms with E-state index < -0.39 is 0 Å². The minimum atomic E-state index is -0.0249. The van der Waals surface area contributed by atoms with E-state index in [2.05, 4.69) is 162 Å². The van der Waals surface area contributed by atoms with Gasteiger partial charge in [-0.15, -0.1) is 0 Å². The Morgan fingerprint density at radius 2 is 1.35 bits per heavy atom. The molecule has 3 aliphatic heterocycles. The molecule has 2 atom stereocenters. The highest BCUT2D eigenvalue weighted by atomic mass is 15.3. The second-order valence-electron chi connectivity index (χ2n) is 16.0. The maximum absolute atomic E-state index is 2.85. The average Bonchev–Trinajstić information content (AvgIpc) is 3.77. The molecule has 12 rings (SSSR count). The summed E-state index contributed by atoms with van der Waals surface area (Å²) in [5.74, 6) is 0. The molecule has 1 aromatic heterocycles. The molecule has 5 aliphatic rings. The van der Waals surface area contributed by atoms with Crippen LogP contribution >= 0.6 is 0 Å². The minimum absolute atomic E-state index is 0.0249. The third-order valence-electron chi connectivity index (χ3n) is 13.7. The van der Waals surface area contributed by atoms with E-state index in [4.69, 9.17) is 0 Å². The van der Waals surface area contributed by atoms with Gasteiger partial charge >= 0.3 is 6.85 Å². The summed E-state index contributed by atoms with van der Waals surface area (Å²) in [5, 5.41) is 1.40. The first-order valence-corrected chi connectivity index (χ1v) is 18.8. The van der Waals surface area contributed by atoms with E-state index >= 15 is 0 Å². The standard InChI is InChI=1S/C47H38BN3/c1-46-25-11-12-26-47(46,2)50-41-29-33(49(31-16-5-3-6-17-31)32-18-7-4-8-19-32)28-37-35-21-13-22-36-38-27-30-15-9-10-20-34(30)43(38)51(44(35)36)48(42(37)41)40-24-14-23-39(46)45(40)50/h3-10,13-24,28-29H,11-12,25-27H2,1-2H3. The van der Waals surface area contributed by atoms with Gasteiger partial charge in [0.2, 0.25) is 0 Å². The van der Waals surface area contributed by atoms with Crippen LogP contribution in [0.15, 0.2) is 133 Å². The molecule has 244 valence electrons. The quantitative estimate of drug-likeness (QED) is 0.176. The largest absolute Gasteiger partial charge is 0.375 e. The normalized spacial score (nSPS) is 21.2. The van der Waals surface area contributed by atoms with E-state index in [0.29, 0.717) is 0 Å². The van der Waals surface area contributed by atoms with Crippen molar-refractivity contribution in [2.45, 2.75) is 56.9 Å². The summed E-state index contributed by atoms with van der Waals surface area (Å²) in [4.78, 5) is 5.32. The lowest BCUT2D eigenvalue weighted by molar-refractivity contribution is 0.195. The lowest BCUT2D eigenvalue weighted by Gasteiger charge is -2.52. The number of fused-ring (bicyclic) bond motifs is 12. The van der Waals surface area contributed by atoms with Gasteiger partial charge in [-0.3, -0.25) is 0 Å². The van der Waals surface area contributed by atoms with Crippen molar-refractivity contribution < 1.29 is 0 Å². The molecule has 0 radical (unpaired) electrons. The summed E-state index contributed by atoms with van der Waals surface area (Å²) >= 11 is 0. The Balaban J connectivity index is 1.24. The van der Waals surface area contributed by atoms with Gasteiger partial charge in [0.25, 0.3) is 0 Å². The minimum Gasteiger partial charge on any atom is -0.375 e. The third kappa shape index (κ3) is 3.33. The second-order valence-corrected chi connectivity index (χ2v) is 16.0. The van der Waals surface area contributed by atoms with Crippen molar-refractivity contribution in [3.05, 3.63) is 150 Å². The van der Waals surface area contributed by atoms with Crippen molar-refractivity contribution in [2.75, 3.05) is 9.80 Å². The average molecular weight is 656 g/mol. The number of rotatable bonds is 3. The Morgan fingerprint density at radius 1 is 0.647 bits per heavy atom. The van der Waals surface area contributed by atoms with Crippen LogP contribution in [0.3, 0.4) is 0 Å². The maximum Gasteiger partial charge on any atom is 0.333 e. The van der Waals surface area contributed by atoms with E-state index in [1.165, 1.54) is 109 Å². The molecule has 4 heterocycles. The van der Waals surface area contributed by atoms with Crippen LogP contribution in [0.1, 0.15) is 56.2 Å². The van der Waals surface area contributed by atoms with Gasteiger partial charge in [-0.05, 0) is 89.3 Å². The van der Waals surface area contributed by atoms with Gasteiger partial charge in [0.15, 0.2) is 0 Å². The fraction of sp³-hybridized carbons (Fsp3) is 0.191. The van der Waals surface area contributed by atoms with Crippen LogP contribution < -0.4 is 20.7 Å². The molecule has 1 saturated carbocycles. The smallest absolute Gasteiger partial charge is 0.333 e. The third-order valence-corrected chi connectivity index (χ3v) is 13.7. The van der Waals surface area contributed by atoms with E-state index in [1.807, 2.05) is 0 Å². The molecule has 4 heteroatoms. The summed E-state index contributed by atoms with van der Waals surface area (Å²) in [6.45, 7) is 5.26. The zero-order chi connectivity index (χ0) is 33.6. The van der Waals surface area contributed by atoms with Crippen LogP contribution in [0.4, 0.5) is 28.4 Å². The summed E-state index contributed by atoms with van der Waals surface area (Å²) in [7, 11) is 0. The van der Waals surface area contributed by atoms with Crippen molar-refractivity contribution in [2.24, 2.45) is 0 Å². The molecular weight excluding hydrogens is 617 g/mol. The lowest BCUT2D eigenvalue weighted by Crippen LogP contribution is -2.62. The topological polar surface area (TPSA) is 11.4 Å². The Bertz CT molecular complexity index is 2580. The summed E-state index contributed by atoms with van der Waals surface area (Å²) < 4.78 is 2.78. The fourth-order valence-corrected chi connectivity index (χ4v) is 11.3. The highest BCUT2D eigenvalue weighted by Crippen LogP contribution is 2.62. The van der Waals surface area contributed by atoms with E-state index in [1.54, 1.807) is 5.56 Å². The van der Waals surface area contributed by atoms with Crippen LogP contribution in [-0.2, 0) is 11.8 Å². The van der Waals surface area contributed by atoms with E-state index in [-0.39, 0.29) is 17.8 Å². The van der Waals surface area contributed by atoms with Crippen LogP contribution in [0.2, 0.25) is 0 Å². The Hall–Kier alpha value is -5.48. The van der Waals surface area contributed by atoms with E-state index in [9.17, 15) is 0 Å². The van der Waals surface area contributed by atoms with Crippen molar-refractivity contribution in [1.29, 1.82) is 0 Å². The highest BCUT2D eigenvalue weighted by molar-refractivity contribution is 6.89. The maximum atomic E-state index is 2.85. The van der Waals surface area contributed by atoms with Crippen LogP contribution in [0.5, 0.6) is 0 Å². The zero-order valence-corrected chi connectivity index (χ0v) is 29.2. The number of nitrogens with zero attached hydrogens (tertiary/aromatic N) is 3. The number of anilines is 5. The number of aromatic nitrogens is 1. The molecule has 0 spiro atoms. The lowest BCUT2D eigenvalue weighted by atomic mass is 9.45. The molecule has 3 nitrogen and oxygen atoms in total. The number of benzene rings is 6. The van der Waals surface area contributed by atoms with Gasteiger partial charge in [-0.2, -0.15) is 0 Å². The van der Waals surface area contributed by atoms with Crippen molar-refractivity contribution >= 4 is 57.1 Å². The van der Waals surface area contributed by atoms with Crippen molar-refractivity contribution in [3.63, 3.8) is 0 Å². The van der Waals surface area contributed by atoms with Crippen LogP contribution in [0, 0.1) is 0 Å². The summed E-state index contributed by atoms with van der Waals surface area (Å²) in [5.41, 5.74) is 20.8. The predicted octanol–water partition coefficient (Wildman–Crippen LogP) is 10.4. The van der Waals surface area contributed by atoms with Crippen LogP contribution in [0.25, 0.3) is 33.3 Å². The molecule has 0 saturated heterocycles. The van der Waals surface area contributed by atoms with Gasteiger partial charge < -0.3 is 14.3 Å². The molecule has 1 fully saturated rings. The molecule has 0 bridgehead atoms. The first kappa shape index (κ1) is 28.2. The van der Waals surface area contributed by atoms with Gasteiger partial charge in [-0.25, -0.2) is 0 Å². The second kappa shape index (κ2) is 9.64. The molecule has 0 N–H and O–H groups in total. The number of hydrogen-bond acceptors (Lipinski definition) is 2. The first-order chi connectivity index (χ1) is 25.1. The predicted molar refractivity (Wildman–Crippen MR) is 214 cm³/mol. The molecule has 2 unspecified atom stereocenters. The van der Waals surface area contributed by atoms with Crippen molar-refractivity contribution in [3.8, 4) is 22.4 Å². The SMILES string of the molecule is CC12CCCCC1(C)N1c3cc(N(c4ccccc4)c4ccccc4)cc4c3B(c3cccc2c31)n1c2c(c3cccc-4c31)Cc1ccccc1-2. The summed E-state index contributed by atoms with van der Waals surface area (Å²) in [6.07, 6.45) is 5.96.